The fraction of sp³-hybridized carbons (Fsp3) is 0.0769. The van der Waals surface area contributed by atoms with E-state index in [2.05, 4.69) is 38.5 Å². The van der Waals surface area contributed by atoms with Crippen molar-refractivity contribution in [2.24, 2.45) is 5.73 Å². The molecule has 2 rings (SSSR count). The van der Waals surface area contributed by atoms with Gasteiger partial charge in [-0.1, -0.05) is 33.6 Å². The summed E-state index contributed by atoms with van der Waals surface area (Å²) in [7, 11) is 0. The third-order valence-electron chi connectivity index (χ3n) is 2.60. The molecule has 94 valence electrons. The standard InChI is InChI=1S/C13H9BrClFIN/c14-9-5-4-7(17)6-8(9)13(18)12-10(15)2-1-3-11(12)16/h1-6,13H,18H2. The molecule has 0 fully saturated rings. The average molecular weight is 440 g/mol. The molecule has 2 aromatic rings. The fourth-order valence-electron chi connectivity index (χ4n) is 1.72. The summed E-state index contributed by atoms with van der Waals surface area (Å²) in [6.45, 7) is 0. The lowest BCUT2D eigenvalue weighted by atomic mass is 9.99. The minimum Gasteiger partial charge on any atom is -0.320 e. The predicted octanol–water partition coefficient (Wildman–Crippen LogP) is 4.89. The summed E-state index contributed by atoms with van der Waals surface area (Å²) in [5.74, 6) is -0.388. The molecular formula is C13H9BrClFIN. The van der Waals surface area contributed by atoms with Crippen LogP contribution in [0.25, 0.3) is 0 Å². The van der Waals surface area contributed by atoms with E-state index in [1.165, 1.54) is 6.07 Å². The van der Waals surface area contributed by atoms with E-state index < -0.39 is 6.04 Å². The predicted molar refractivity (Wildman–Crippen MR) is 84.3 cm³/mol. The zero-order valence-corrected chi connectivity index (χ0v) is 13.6. The molecule has 0 saturated heterocycles. The summed E-state index contributed by atoms with van der Waals surface area (Å²) >= 11 is 11.6. The molecule has 1 atom stereocenters. The van der Waals surface area contributed by atoms with Gasteiger partial charge >= 0.3 is 0 Å². The first-order valence-corrected chi connectivity index (χ1v) is 7.40. The maximum atomic E-state index is 13.8. The highest BCUT2D eigenvalue weighted by atomic mass is 127. The number of hydrogen-bond acceptors (Lipinski definition) is 1. The molecule has 0 saturated carbocycles. The molecule has 0 aliphatic carbocycles. The lowest BCUT2D eigenvalue weighted by Gasteiger charge is -2.17. The Hall–Kier alpha value is -0.170. The van der Waals surface area contributed by atoms with E-state index in [0.717, 1.165) is 13.6 Å². The average Bonchev–Trinajstić information content (AvgIpc) is 2.32. The number of benzene rings is 2. The Balaban J connectivity index is 2.54. The Labute approximate surface area is 132 Å². The Morgan fingerprint density at radius 3 is 2.67 bits per heavy atom. The van der Waals surface area contributed by atoms with Crippen LogP contribution in [0.1, 0.15) is 17.2 Å². The molecular weight excluding hydrogens is 431 g/mol. The molecule has 0 aliphatic rings. The van der Waals surface area contributed by atoms with Crippen LogP contribution in [0.15, 0.2) is 40.9 Å². The molecule has 0 heterocycles. The SMILES string of the molecule is NC(c1cc(I)ccc1Br)c1c(F)cccc1Cl. The summed E-state index contributed by atoms with van der Waals surface area (Å²) in [6, 6.07) is 9.73. The molecule has 2 aromatic carbocycles. The van der Waals surface area contributed by atoms with Crippen LogP contribution in [0.5, 0.6) is 0 Å². The second-order valence-corrected chi connectivity index (χ2v) is 6.29. The van der Waals surface area contributed by atoms with E-state index in [1.807, 2.05) is 18.2 Å². The van der Waals surface area contributed by atoms with Crippen LogP contribution in [-0.4, -0.2) is 0 Å². The van der Waals surface area contributed by atoms with E-state index in [-0.39, 0.29) is 5.82 Å². The van der Waals surface area contributed by atoms with Crippen molar-refractivity contribution in [2.45, 2.75) is 6.04 Å². The van der Waals surface area contributed by atoms with Gasteiger partial charge in [-0.2, -0.15) is 0 Å². The molecule has 0 aliphatic heterocycles. The van der Waals surface area contributed by atoms with Crippen LogP contribution in [0, 0.1) is 9.39 Å². The molecule has 0 spiro atoms. The largest absolute Gasteiger partial charge is 0.320 e. The van der Waals surface area contributed by atoms with Gasteiger partial charge in [-0.15, -0.1) is 0 Å². The number of hydrogen-bond donors (Lipinski definition) is 1. The van der Waals surface area contributed by atoms with Crippen molar-refractivity contribution in [3.63, 3.8) is 0 Å². The van der Waals surface area contributed by atoms with Crippen molar-refractivity contribution in [3.05, 3.63) is 66.4 Å². The van der Waals surface area contributed by atoms with E-state index in [0.29, 0.717) is 10.6 Å². The van der Waals surface area contributed by atoms with Gasteiger partial charge in [-0.05, 0) is 58.5 Å². The highest BCUT2D eigenvalue weighted by molar-refractivity contribution is 14.1. The van der Waals surface area contributed by atoms with Crippen molar-refractivity contribution in [1.82, 2.24) is 0 Å². The van der Waals surface area contributed by atoms with E-state index in [1.54, 1.807) is 12.1 Å². The van der Waals surface area contributed by atoms with Crippen molar-refractivity contribution in [1.29, 1.82) is 0 Å². The van der Waals surface area contributed by atoms with Gasteiger partial charge in [0.15, 0.2) is 0 Å². The van der Waals surface area contributed by atoms with Crippen molar-refractivity contribution >= 4 is 50.1 Å². The summed E-state index contributed by atoms with van der Waals surface area (Å²) in [4.78, 5) is 0. The van der Waals surface area contributed by atoms with Gasteiger partial charge in [0.1, 0.15) is 5.82 Å². The van der Waals surface area contributed by atoms with E-state index >= 15 is 0 Å². The fourth-order valence-corrected chi connectivity index (χ4v) is 3.01. The molecule has 18 heavy (non-hydrogen) atoms. The monoisotopic (exact) mass is 439 g/mol. The first kappa shape index (κ1) is 14.2. The second-order valence-electron chi connectivity index (χ2n) is 3.78. The summed E-state index contributed by atoms with van der Waals surface area (Å²) in [5.41, 5.74) is 7.26. The van der Waals surface area contributed by atoms with Crippen LogP contribution in [-0.2, 0) is 0 Å². The Kier molecular flexibility index (Phi) is 4.64. The molecule has 2 N–H and O–H groups in total. The zero-order valence-electron chi connectivity index (χ0n) is 9.13. The Bertz CT molecular complexity index is 571. The highest BCUT2D eigenvalue weighted by Gasteiger charge is 2.19. The minimum atomic E-state index is -0.595. The number of rotatable bonds is 2. The van der Waals surface area contributed by atoms with Gasteiger partial charge < -0.3 is 5.73 Å². The van der Waals surface area contributed by atoms with Gasteiger partial charge in [0.2, 0.25) is 0 Å². The van der Waals surface area contributed by atoms with Gasteiger partial charge in [-0.25, -0.2) is 4.39 Å². The first-order chi connectivity index (χ1) is 8.50. The molecule has 0 aromatic heterocycles. The van der Waals surface area contributed by atoms with Gasteiger partial charge in [0.25, 0.3) is 0 Å². The highest BCUT2D eigenvalue weighted by Crippen LogP contribution is 2.33. The van der Waals surface area contributed by atoms with Crippen LogP contribution < -0.4 is 5.73 Å². The quantitative estimate of drug-likeness (QED) is 0.661. The van der Waals surface area contributed by atoms with Crippen LogP contribution in [0.3, 0.4) is 0 Å². The maximum Gasteiger partial charge on any atom is 0.129 e. The molecule has 5 heteroatoms. The van der Waals surface area contributed by atoms with Crippen molar-refractivity contribution < 1.29 is 4.39 Å². The summed E-state index contributed by atoms with van der Waals surface area (Å²) in [5, 5.41) is 0.341. The van der Waals surface area contributed by atoms with Crippen molar-refractivity contribution in [3.8, 4) is 0 Å². The van der Waals surface area contributed by atoms with Crippen LogP contribution in [0.4, 0.5) is 4.39 Å². The molecule has 0 bridgehead atoms. The lowest BCUT2D eigenvalue weighted by molar-refractivity contribution is 0.599. The molecule has 1 nitrogen and oxygen atoms in total. The van der Waals surface area contributed by atoms with E-state index in [4.69, 9.17) is 17.3 Å². The third kappa shape index (κ3) is 2.87. The smallest absolute Gasteiger partial charge is 0.129 e. The van der Waals surface area contributed by atoms with Crippen LogP contribution in [0.2, 0.25) is 5.02 Å². The summed E-state index contributed by atoms with van der Waals surface area (Å²) in [6.07, 6.45) is 0. The zero-order chi connectivity index (χ0) is 13.3. The van der Waals surface area contributed by atoms with Gasteiger partial charge in [0, 0.05) is 18.6 Å². The van der Waals surface area contributed by atoms with Crippen molar-refractivity contribution in [2.75, 3.05) is 0 Å². The first-order valence-electron chi connectivity index (χ1n) is 5.15. The second kappa shape index (κ2) is 5.86. The molecule has 1 unspecified atom stereocenters. The van der Waals surface area contributed by atoms with E-state index in [9.17, 15) is 4.39 Å². The van der Waals surface area contributed by atoms with Gasteiger partial charge in [0.05, 0.1) is 6.04 Å². The number of nitrogens with two attached hydrogens (primary N) is 1. The van der Waals surface area contributed by atoms with Crippen LogP contribution >= 0.6 is 50.1 Å². The Morgan fingerprint density at radius 1 is 1.28 bits per heavy atom. The molecule has 0 radical (unpaired) electrons. The molecule has 0 amide bonds. The maximum absolute atomic E-state index is 13.8. The third-order valence-corrected chi connectivity index (χ3v) is 4.33. The summed E-state index contributed by atoms with van der Waals surface area (Å²) < 4.78 is 15.7. The minimum absolute atomic E-state index is 0.321. The lowest BCUT2D eigenvalue weighted by Crippen LogP contribution is -2.15. The number of halogens is 4. The normalized spacial score (nSPS) is 12.5. The Morgan fingerprint density at radius 2 is 2.00 bits per heavy atom. The van der Waals surface area contributed by atoms with Gasteiger partial charge in [-0.3, -0.25) is 0 Å². The topological polar surface area (TPSA) is 26.0 Å².